The Bertz CT molecular complexity index is 511. The van der Waals surface area contributed by atoms with E-state index < -0.39 is 5.97 Å². The Labute approximate surface area is 124 Å². The highest BCUT2D eigenvalue weighted by Crippen LogP contribution is 2.41. The van der Waals surface area contributed by atoms with Gasteiger partial charge in [0.1, 0.15) is 0 Å². The van der Waals surface area contributed by atoms with Crippen LogP contribution in [-0.4, -0.2) is 17.6 Å². The molecule has 0 aromatic heterocycles. The van der Waals surface area contributed by atoms with E-state index in [1.165, 1.54) is 31.7 Å². The van der Waals surface area contributed by atoms with Crippen LogP contribution in [0.3, 0.4) is 0 Å². The van der Waals surface area contributed by atoms with Gasteiger partial charge in [-0.3, -0.25) is 0 Å². The van der Waals surface area contributed by atoms with Crippen LogP contribution in [0.1, 0.15) is 49.4 Å². The zero-order chi connectivity index (χ0) is 14.8. The quantitative estimate of drug-likeness (QED) is 0.718. The summed E-state index contributed by atoms with van der Waals surface area (Å²) in [7, 11) is 0. The van der Waals surface area contributed by atoms with Gasteiger partial charge in [-0.15, -0.1) is 0 Å². The van der Waals surface area contributed by atoms with Crippen molar-refractivity contribution in [1.82, 2.24) is 0 Å². The van der Waals surface area contributed by atoms with Gasteiger partial charge in [-0.2, -0.15) is 0 Å². The first kappa shape index (κ1) is 15.0. The molecular formula is C15H21ClN2O2. The molecule has 1 aromatic rings. The van der Waals surface area contributed by atoms with Crippen molar-refractivity contribution >= 4 is 28.9 Å². The lowest BCUT2D eigenvalue weighted by molar-refractivity contribution is 0.0698. The van der Waals surface area contributed by atoms with Crippen molar-refractivity contribution in [3.05, 3.63) is 22.7 Å². The van der Waals surface area contributed by atoms with Gasteiger partial charge in [0.15, 0.2) is 0 Å². The molecule has 0 heterocycles. The van der Waals surface area contributed by atoms with E-state index in [1.807, 2.05) is 0 Å². The highest BCUT2D eigenvalue weighted by Gasteiger charge is 2.32. The third kappa shape index (κ3) is 3.01. The van der Waals surface area contributed by atoms with Gasteiger partial charge < -0.3 is 16.2 Å². The number of hydrogen-bond donors (Lipinski definition) is 3. The fraction of sp³-hybridized carbons (Fsp3) is 0.533. The fourth-order valence-corrected chi connectivity index (χ4v) is 3.33. The summed E-state index contributed by atoms with van der Waals surface area (Å²) in [5.41, 5.74) is 6.91. The summed E-state index contributed by atoms with van der Waals surface area (Å²) in [6.45, 7) is 2.95. The van der Waals surface area contributed by atoms with Gasteiger partial charge in [-0.05, 0) is 36.8 Å². The Hall–Kier alpha value is -1.42. The maximum absolute atomic E-state index is 11.3. The van der Waals surface area contributed by atoms with Crippen molar-refractivity contribution < 1.29 is 9.90 Å². The highest BCUT2D eigenvalue weighted by atomic mass is 35.5. The van der Waals surface area contributed by atoms with Gasteiger partial charge >= 0.3 is 5.97 Å². The molecule has 0 aliphatic heterocycles. The van der Waals surface area contributed by atoms with Crippen molar-refractivity contribution in [3.63, 3.8) is 0 Å². The van der Waals surface area contributed by atoms with Crippen LogP contribution in [0.2, 0.25) is 5.02 Å². The number of anilines is 2. The van der Waals surface area contributed by atoms with E-state index in [0.717, 1.165) is 13.0 Å². The summed E-state index contributed by atoms with van der Waals surface area (Å²) >= 11 is 6.15. The first-order chi connectivity index (χ1) is 9.47. The van der Waals surface area contributed by atoms with E-state index in [9.17, 15) is 9.90 Å². The average Bonchev–Trinajstić information content (AvgIpc) is 2.86. The topological polar surface area (TPSA) is 75.3 Å². The molecule has 0 unspecified atom stereocenters. The number of nitrogen functional groups attached to an aromatic ring is 1. The van der Waals surface area contributed by atoms with Gasteiger partial charge in [0.25, 0.3) is 0 Å². The molecule has 110 valence electrons. The summed E-state index contributed by atoms with van der Waals surface area (Å²) in [5, 5.41) is 12.9. The molecular weight excluding hydrogens is 276 g/mol. The highest BCUT2D eigenvalue weighted by molar-refractivity contribution is 6.34. The molecule has 2 rings (SSSR count). The Morgan fingerprint density at radius 1 is 1.45 bits per heavy atom. The molecule has 4 N–H and O–H groups in total. The van der Waals surface area contributed by atoms with Crippen molar-refractivity contribution in [1.29, 1.82) is 0 Å². The first-order valence-corrected chi connectivity index (χ1v) is 7.41. The summed E-state index contributed by atoms with van der Waals surface area (Å²) in [6, 6.07) is 3.04. The summed E-state index contributed by atoms with van der Waals surface area (Å²) < 4.78 is 0. The lowest BCUT2D eigenvalue weighted by Crippen LogP contribution is -2.26. The van der Waals surface area contributed by atoms with Gasteiger partial charge in [-0.25, -0.2) is 4.79 Å². The number of carboxylic acid groups (broad SMARTS) is 1. The zero-order valence-electron chi connectivity index (χ0n) is 11.7. The van der Waals surface area contributed by atoms with Crippen LogP contribution >= 0.6 is 11.6 Å². The van der Waals surface area contributed by atoms with Crippen molar-refractivity contribution in [2.75, 3.05) is 17.6 Å². The average molecular weight is 297 g/mol. The number of rotatable bonds is 5. The van der Waals surface area contributed by atoms with Crippen LogP contribution in [0.15, 0.2) is 12.1 Å². The van der Waals surface area contributed by atoms with Crippen LogP contribution in [0, 0.1) is 5.41 Å². The molecule has 20 heavy (non-hydrogen) atoms. The standard InChI is InChI=1S/C15H21ClN2O2/c1-2-15(5-3-4-6-15)9-18-13-11(14(19)20)7-10(17)8-12(13)16/h7-8,18H,2-6,9,17H2,1H3,(H,19,20). The second kappa shape index (κ2) is 5.92. The van der Waals surface area contributed by atoms with Crippen LogP contribution in [0.25, 0.3) is 0 Å². The molecule has 0 bridgehead atoms. The Morgan fingerprint density at radius 2 is 2.10 bits per heavy atom. The Kier molecular flexibility index (Phi) is 4.43. The summed E-state index contributed by atoms with van der Waals surface area (Å²) in [6.07, 6.45) is 5.96. The molecule has 4 nitrogen and oxygen atoms in total. The van der Waals surface area contributed by atoms with Gasteiger partial charge in [0.2, 0.25) is 0 Å². The van der Waals surface area contributed by atoms with Gasteiger partial charge in [0, 0.05) is 12.2 Å². The van der Waals surface area contributed by atoms with Crippen LogP contribution < -0.4 is 11.1 Å². The number of nitrogens with one attached hydrogen (secondary N) is 1. The number of carbonyl (C=O) groups is 1. The lowest BCUT2D eigenvalue weighted by atomic mass is 9.83. The van der Waals surface area contributed by atoms with Crippen LogP contribution in [0.4, 0.5) is 11.4 Å². The maximum atomic E-state index is 11.3. The smallest absolute Gasteiger partial charge is 0.337 e. The Balaban J connectivity index is 2.22. The lowest BCUT2D eigenvalue weighted by Gasteiger charge is -2.29. The molecule has 5 heteroatoms. The molecule has 1 aliphatic carbocycles. The summed E-state index contributed by atoms with van der Waals surface area (Å²) in [4.78, 5) is 11.3. The van der Waals surface area contributed by atoms with E-state index in [0.29, 0.717) is 16.4 Å². The van der Waals surface area contributed by atoms with Crippen LogP contribution in [-0.2, 0) is 0 Å². The molecule has 1 aliphatic rings. The SMILES string of the molecule is CCC1(CNc2c(Cl)cc(N)cc2C(=O)O)CCCC1. The van der Waals surface area contributed by atoms with E-state index in [2.05, 4.69) is 12.2 Å². The van der Waals surface area contributed by atoms with Gasteiger partial charge in [0.05, 0.1) is 16.3 Å². The monoisotopic (exact) mass is 296 g/mol. The number of halogens is 1. The zero-order valence-corrected chi connectivity index (χ0v) is 12.5. The van der Waals surface area contributed by atoms with Crippen molar-refractivity contribution in [3.8, 4) is 0 Å². The Morgan fingerprint density at radius 3 is 2.65 bits per heavy atom. The van der Waals surface area contributed by atoms with E-state index in [-0.39, 0.29) is 11.0 Å². The number of carboxylic acids is 1. The third-order valence-corrected chi connectivity index (χ3v) is 4.70. The minimum Gasteiger partial charge on any atom is -0.478 e. The molecule has 0 saturated heterocycles. The molecule has 0 radical (unpaired) electrons. The molecule has 0 atom stereocenters. The number of aromatic carboxylic acids is 1. The maximum Gasteiger partial charge on any atom is 0.337 e. The van der Waals surface area contributed by atoms with E-state index in [4.69, 9.17) is 17.3 Å². The molecule has 0 spiro atoms. The predicted octanol–water partition coefficient (Wildman–Crippen LogP) is 4.00. The number of hydrogen-bond acceptors (Lipinski definition) is 3. The van der Waals surface area contributed by atoms with Crippen molar-refractivity contribution in [2.45, 2.75) is 39.0 Å². The molecule has 1 aromatic carbocycles. The minimum absolute atomic E-state index is 0.138. The van der Waals surface area contributed by atoms with E-state index >= 15 is 0 Å². The normalized spacial score (nSPS) is 17.1. The molecule has 1 saturated carbocycles. The second-order valence-corrected chi connectivity index (χ2v) is 6.05. The number of benzene rings is 1. The second-order valence-electron chi connectivity index (χ2n) is 5.64. The minimum atomic E-state index is -1.02. The summed E-state index contributed by atoms with van der Waals surface area (Å²) in [5.74, 6) is -1.02. The van der Waals surface area contributed by atoms with E-state index in [1.54, 1.807) is 6.07 Å². The number of nitrogens with two attached hydrogens (primary N) is 1. The van der Waals surface area contributed by atoms with Crippen molar-refractivity contribution in [2.24, 2.45) is 5.41 Å². The third-order valence-electron chi connectivity index (χ3n) is 4.40. The molecule has 1 fully saturated rings. The fourth-order valence-electron chi connectivity index (χ4n) is 3.03. The van der Waals surface area contributed by atoms with Crippen LogP contribution in [0.5, 0.6) is 0 Å². The first-order valence-electron chi connectivity index (χ1n) is 7.03. The largest absolute Gasteiger partial charge is 0.478 e. The van der Waals surface area contributed by atoms with Gasteiger partial charge in [-0.1, -0.05) is 31.4 Å². The molecule has 0 amide bonds. The predicted molar refractivity (Wildman–Crippen MR) is 82.5 cm³/mol.